The molecule has 2 aromatic carbocycles. The molecule has 0 saturated heterocycles. The van der Waals surface area contributed by atoms with E-state index in [-0.39, 0.29) is 5.56 Å². The molecule has 0 spiro atoms. The molecule has 0 amide bonds. The number of aromatic carboxylic acids is 1. The van der Waals surface area contributed by atoms with Crippen LogP contribution < -0.4 is 10.6 Å². The number of thioether (sulfide) groups is 2. The van der Waals surface area contributed by atoms with E-state index in [1.165, 1.54) is 23.5 Å². The number of rotatable bonds is 9. The quantitative estimate of drug-likeness (QED) is 0.0597. The zero-order chi connectivity index (χ0) is 32.8. The minimum absolute atomic E-state index is 0.0883. The second-order valence-corrected chi connectivity index (χ2v) is 11.4. The van der Waals surface area contributed by atoms with Crippen molar-refractivity contribution in [1.82, 2.24) is 29.9 Å². The van der Waals surface area contributed by atoms with E-state index in [4.69, 9.17) is 4.74 Å². The summed E-state index contributed by atoms with van der Waals surface area (Å²) in [6.07, 6.45) is 7.47. The number of hydrogen-bond donors (Lipinski definition) is 5. The number of aromatic amines is 2. The largest absolute Gasteiger partial charge is 0.477 e. The van der Waals surface area contributed by atoms with Gasteiger partial charge in [-0.3, -0.25) is 0 Å². The number of nitrogens with one attached hydrogen (secondary N) is 4. The lowest BCUT2D eigenvalue weighted by Gasteiger charge is -2.14. The minimum atomic E-state index is -1.05. The van der Waals surface area contributed by atoms with Gasteiger partial charge in [-0.2, -0.15) is 0 Å². The van der Waals surface area contributed by atoms with Gasteiger partial charge in [0.25, 0.3) is 0 Å². The zero-order valence-electron chi connectivity index (χ0n) is 25.8. The Bertz CT molecular complexity index is 2040. The first-order valence-corrected chi connectivity index (χ1v) is 16.6. The molecule has 5 N–H and O–H groups in total. The van der Waals surface area contributed by atoms with Crippen LogP contribution in [0.3, 0.4) is 0 Å². The molecule has 0 fully saturated rings. The summed E-state index contributed by atoms with van der Waals surface area (Å²) in [5.41, 5.74) is 5.13. The lowest BCUT2D eigenvalue weighted by Crippen LogP contribution is -2.13. The topological polar surface area (TPSA) is 171 Å². The highest BCUT2D eigenvalue weighted by molar-refractivity contribution is 7.98. The minimum Gasteiger partial charge on any atom is -0.477 e. The number of nitrogens with zero attached hydrogens (tertiary/aromatic N) is 4. The second kappa shape index (κ2) is 14.3. The summed E-state index contributed by atoms with van der Waals surface area (Å²) >= 11 is 2.80. The van der Waals surface area contributed by atoms with Crippen LogP contribution in [0.25, 0.3) is 21.8 Å². The summed E-state index contributed by atoms with van der Waals surface area (Å²) in [5.74, 6) is -0.711. The number of esters is 1. The Morgan fingerprint density at radius 3 is 1.70 bits per heavy atom. The van der Waals surface area contributed by atoms with Crippen LogP contribution in [0.15, 0.2) is 71.2 Å². The maximum Gasteiger partial charge on any atom is 0.343 e. The summed E-state index contributed by atoms with van der Waals surface area (Å²) in [4.78, 5) is 47.5. The zero-order valence-corrected chi connectivity index (χ0v) is 27.4. The van der Waals surface area contributed by atoms with Gasteiger partial charge in [0.2, 0.25) is 0 Å². The summed E-state index contributed by atoms with van der Waals surface area (Å²) in [5, 5.41) is 19.0. The van der Waals surface area contributed by atoms with Gasteiger partial charge in [0.1, 0.15) is 22.8 Å². The number of fused-ring (bicyclic) bond motifs is 2. The third-order valence-corrected chi connectivity index (χ3v) is 7.99. The number of anilines is 4. The maximum absolute atomic E-state index is 12.3. The molecule has 0 bridgehead atoms. The van der Waals surface area contributed by atoms with Crippen molar-refractivity contribution in [2.24, 2.45) is 0 Å². The van der Waals surface area contributed by atoms with E-state index in [0.29, 0.717) is 45.5 Å². The number of carboxylic acids is 1. The molecule has 4 aromatic heterocycles. The molecule has 6 rings (SSSR count). The lowest BCUT2D eigenvalue weighted by atomic mass is 10.2. The molecule has 4 heterocycles. The van der Waals surface area contributed by atoms with Crippen molar-refractivity contribution in [2.75, 3.05) is 29.8 Å². The summed E-state index contributed by atoms with van der Waals surface area (Å²) in [6.45, 7) is 5.54. The SMILES string of the molecule is CCOC(=O)c1c(C)nc(SC)nc1Nc1cccc2[nH]ccc12.CSc1nc(C)c(C(=O)O)c(Nc2cccc3[nH]ccc23)n1. The summed E-state index contributed by atoms with van der Waals surface area (Å²) in [7, 11) is 0. The first kappa shape index (κ1) is 32.3. The number of carboxylic acid groups (broad SMARTS) is 1. The molecule has 12 nitrogen and oxygen atoms in total. The number of carbonyl (C=O) groups is 2. The van der Waals surface area contributed by atoms with Crippen LogP contribution in [-0.2, 0) is 4.74 Å². The predicted octanol–water partition coefficient (Wildman–Crippen LogP) is 7.34. The molecule has 236 valence electrons. The highest BCUT2D eigenvalue weighted by Gasteiger charge is 2.21. The highest BCUT2D eigenvalue weighted by Crippen LogP contribution is 2.30. The van der Waals surface area contributed by atoms with Crippen LogP contribution in [0.1, 0.15) is 39.0 Å². The molecular formula is C32H32N8O4S2. The third-order valence-electron chi connectivity index (χ3n) is 6.89. The number of ether oxygens (including phenoxy) is 1. The van der Waals surface area contributed by atoms with Crippen molar-refractivity contribution in [1.29, 1.82) is 0 Å². The van der Waals surface area contributed by atoms with Gasteiger partial charge in [0.15, 0.2) is 10.3 Å². The number of benzene rings is 2. The van der Waals surface area contributed by atoms with Gasteiger partial charge in [0.05, 0.1) is 18.0 Å². The van der Waals surface area contributed by atoms with E-state index in [2.05, 4.69) is 40.5 Å². The van der Waals surface area contributed by atoms with Crippen LogP contribution >= 0.6 is 23.5 Å². The van der Waals surface area contributed by atoms with Crippen LogP contribution in [-0.4, -0.2) is 66.1 Å². The Balaban J connectivity index is 0.000000182. The number of carbonyl (C=O) groups excluding carboxylic acids is 1. The van der Waals surface area contributed by atoms with E-state index in [0.717, 1.165) is 33.2 Å². The monoisotopic (exact) mass is 656 g/mol. The maximum atomic E-state index is 12.3. The number of hydrogen-bond acceptors (Lipinski definition) is 11. The standard InChI is InChI=1S/C17H18N4O2S.C15H14N4O2S/c1-4-23-16(22)14-10(2)19-17(24-3)21-15(14)20-13-7-5-6-12-11(13)8-9-18-12;1-8-12(14(20)21)13(19-15(17-8)22-2)18-11-5-3-4-10-9(11)6-7-16-10/h5-9,18H,4H2,1-3H3,(H,19,20,21);3-7,16H,1-2H3,(H,20,21)(H,17,18,19). The van der Waals surface area contributed by atoms with E-state index in [1.807, 2.05) is 73.4 Å². The molecule has 14 heteroatoms. The number of H-pyrrole nitrogens is 2. The van der Waals surface area contributed by atoms with Crippen LogP contribution in [0.2, 0.25) is 0 Å². The van der Waals surface area contributed by atoms with Crippen molar-refractivity contribution in [3.63, 3.8) is 0 Å². The van der Waals surface area contributed by atoms with Gasteiger partial charge >= 0.3 is 11.9 Å². The fourth-order valence-corrected chi connectivity index (χ4v) is 5.63. The van der Waals surface area contributed by atoms with Gasteiger partial charge < -0.3 is 30.4 Å². The van der Waals surface area contributed by atoms with Crippen LogP contribution in [0.4, 0.5) is 23.0 Å². The number of aromatic nitrogens is 6. The average molecular weight is 657 g/mol. The second-order valence-electron chi connectivity index (χ2n) is 9.80. The van der Waals surface area contributed by atoms with Gasteiger partial charge in [-0.05, 0) is 69.7 Å². The molecule has 0 aliphatic heterocycles. The molecule has 0 radical (unpaired) electrons. The predicted molar refractivity (Wildman–Crippen MR) is 183 cm³/mol. The van der Waals surface area contributed by atoms with E-state index in [9.17, 15) is 14.7 Å². The Labute approximate surface area is 273 Å². The first-order valence-electron chi connectivity index (χ1n) is 14.2. The molecule has 46 heavy (non-hydrogen) atoms. The Hall–Kier alpha value is -5.08. The van der Waals surface area contributed by atoms with Gasteiger partial charge in [-0.25, -0.2) is 29.5 Å². The van der Waals surface area contributed by atoms with Crippen molar-refractivity contribution < 1.29 is 19.4 Å². The molecule has 0 aliphatic rings. The van der Waals surface area contributed by atoms with Crippen molar-refractivity contribution in [3.8, 4) is 0 Å². The molecule has 0 saturated carbocycles. The fourth-order valence-electron chi connectivity index (χ4n) is 4.81. The molecule has 6 aromatic rings. The fraction of sp³-hybridized carbons (Fsp3) is 0.188. The average Bonchev–Trinajstić information content (AvgIpc) is 3.72. The van der Waals surface area contributed by atoms with Crippen molar-refractivity contribution >= 4 is 80.3 Å². The molecule has 0 aliphatic carbocycles. The van der Waals surface area contributed by atoms with Crippen molar-refractivity contribution in [2.45, 2.75) is 31.1 Å². The van der Waals surface area contributed by atoms with Crippen LogP contribution in [0.5, 0.6) is 0 Å². The van der Waals surface area contributed by atoms with E-state index >= 15 is 0 Å². The summed E-state index contributed by atoms with van der Waals surface area (Å²) in [6, 6.07) is 15.5. The number of aryl methyl sites for hydroxylation is 2. The van der Waals surface area contributed by atoms with Gasteiger partial charge in [-0.15, -0.1) is 0 Å². The third kappa shape index (κ3) is 6.92. The molecule has 0 atom stereocenters. The van der Waals surface area contributed by atoms with Gasteiger partial charge in [-0.1, -0.05) is 35.7 Å². The first-order chi connectivity index (χ1) is 22.2. The van der Waals surface area contributed by atoms with Crippen LogP contribution in [0, 0.1) is 13.8 Å². The Morgan fingerprint density at radius 1 is 0.761 bits per heavy atom. The Kier molecular flexibility index (Phi) is 10.1. The smallest absolute Gasteiger partial charge is 0.343 e. The van der Waals surface area contributed by atoms with Crippen molar-refractivity contribution in [3.05, 3.63) is 83.4 Å². The molecular weight excluding hydrogens is 625 g/mol. The van der Waals surface area contributed by atoms with E-state index in [1.54, 1.807) is 20.8 Å². The Morgan fingerprint density at radius 2 is 1.24 bits per heavy atom. The molecule has 0 unspecified atom stereocenters. The highest BCUT2D eigenvalue weighted by atomic mass is 32.2. The van der Waals surface area contributed by atoms with Gasteiger partial charge in [0, 0.05) is 45.6 Å². The summed E-state index contributed by atoms with van der Waals surface area (Å²) < 4.78 is 5.16. The van der Waals surface area contributed by atoms with E-state index < -0.39 is 11.9 Å². The normalized spacial score (nSPS) is 10.8. The lowest BCUT2D eigenvalue weighted by molar-refractivity contribution is 0.0525.